The van der Waals surface area contributed by atoms with E-state index in [1.807, 2.05) is 24.4 Å². The van der Waals surface area contributed by atoms with Gasteiger partial charge in [-0.3, -0.25) is 4.79 Å². The number of ether oxygens (including phenoxy) is 3. The van der Waals surface area contributed by atoms with Gasteiger partial charge in [0, 0.05) is 11.4 Å². The molecule has 5 nitrogen and oxygen atoms in total. The van der Waals surface area contributed by atoms with E-state index in [0.29, 0.717) is 29.3 Å². The molecule has 27 heavy (non-hydrogen) atoms. The van der Waals surface area contributed by atoms with Crippen molar-refractivity contribution in [3.63, 3.8) is 0 Å². The lowest BCUT2D eigenvalue weighted by molar-refractivity contribution is -0.116. The third-order valence-corrected chi connectivity index (χ3v) is 4.76. The van der Waals surface area contributed by atoms with E-state index in [0.717, 1.165) is 17.4 Å². The van der Waals surface area contributed by atoms with Crippen LogP contribution in [0, 0.1) is 6.92 Å². The first-order valence-electron chi connectivity index (χ1n) is 8.13. The molecule has 1 N–H and O–H groups in total. The van der Waals surface area contributed by atoms with Crippen molar-refractivity contribution in [1.29, 1.82) is 0 Å². The molecule has 1 heterocycles. The summed E-state index contributed by atoms with van der Waals surface area (Å²) in [7, 11) is 3.10. The van der Waals surface area contributed by atoms with E-state index in [2.05, 4.69) is 10.1 Å². The number of hydrogen-bond donors (Lipinski definition) is 1. The lowest BCUT2D eigenvalue weighted by atomic mass is 10.1. The second-order valence-corrected chi connectivity index (χ2v) is 6.52. The number of hydrogen-bond acceptors (Lipinski definition) is 5. The molecule has 0 bridgehead atoms. The summed E-state index contributed by atoms with van der Waals surface area (Å²) in [6, 6.07) is 7.22. The van der Waals surface area contributed by atoms with Crippen LogP contribution < -0.4 is 14.8 Å². The van der Waals surface area contributed by atoms with Crippen molar-refractivity contribution in [2.24, 2.45) is 0 Å². The van der Waals surface area contributed by atoms with Crippen molar-refractivity contribution < 1.29 is 27.8 Å². The van der Waals surface area contributed by atoms with Crippen LogP contribution in [0.15, 0.2) is 35.9 Å². The highest BCUT2D eigenvalue weighted by Gasteiger charge is 2.16. The molecule has 0 radical (unpaired) electrons. The highest BCUT2D eigenvalue weighted by atomic mass is 32.1. The largest absolute Gasteiger partial charge is 0.493 e. The molecule has 1 aromatic carbocycles. The Morgan fingerprint density at radius 1 is 1.22 bits per heavy atom. The van der Waals surface area contributed by atoms with E-state index in [9.17, 15) is 13.6 Å². The zero-order valence-electron chi connectivity index (χ0n) is 15.3. The van der Waals surface area contributed by atoms with Gasteiger partial charge < -0.3 is 19.5 Å². The molecular weight excluding hydrogens is 376 g/mol. The van der Waals surface area contributed by atoms with E-state index in [1.54, 1.807) is 26.4 Å². The number of aryl methyl sites for hydroxylation is 1. The standard InChI is InChI=1S/C19H21F2NO4S/c1-12-8-17(27-11-12)14(10-26-19(20)21)18(23)22-7-6-13-4-5-15(24-2)16(9-13)25-3/h4-5,8-11,19H,6-7H2,1-3H3,(H,22,23). The number of benzene rings is 1. The van der Waals surface area contributed by atoms with Crippen molar-refractivity contribution in [3.8, 4) is 11.5 Å². The van der Waals surface area contributed by atoms with Gasteiger partial charge in [-0.2, -0.15) is 8.78 Å². The summed E-state index contributed by atoms with van der Waals surface area (Å²) in [5.74, 6) is 0.743. The SMILES string of the molecule is COc1ccc(CCNC(=O)C(=COC(F)F)c2cc(C)cs2)cc1OC. The number of alkyl halides is 2. The Balaban J connectivity index is 2.02. The van der Waals surface area contributed by atoms with Gasteiger partial charge in [-0.1, -0.05) is 6.07 Å². The van der Waals surface area contributed by atoms with E-state index in [-0.39, 0.29) is 5.57 Å². The number of nitrogens with one attached hydrogen (secondary N) is 1. The molecule has 2 rings (SSSR count). The number of halogens is 2. The Morgan fingerprint density at radius 2 is 1.96 bits per heavy atom. The zero-order valence-corrected chi connectivity index (χ0v) is 16.1. The smallest absolute Gasteiger partial charge is 0.386 e. The molecule has 0 aliphatic carbocycles. The molecule has 0 saturated carbocycles. The van der Waals surface area contributed by atoms with Gasteiger partial charge in [-0.15, -0.1) is 11.3 Å². The molecule has 1 amide bonds. The van der Waals surface area contributed by atoms with Gasteiger partial charge in [-0.25, -0.2) is 0 Å². The highest BCUT2D eigenvalue weighted by Crippen LogP contribution is 2.28. The van der Waals surface area contributed by atoms with Crippen LogP contribution in [0.3, 0.4) is 0 Å². The van der Waals surface area contributed by atoms with Crippen molar-refractivity contribution in [3.05, 3.63) is 51.9 Å². The fraction of sp³-hybridized carbons (Fsp3) is 0.316. The average molecular weight is 397 g/mol. The number of amides is 1. The van der Waals surface area contributed by atoms with Crippen molar-refractivity contribution in [2.45, 2.75) is 20.0 Å². The Kier molecular flexibility index (Phi) is 7.60. The van der Waals surface area contributed by atoms with E-state index in [4.69, 9.17) is 9.47 Å². The first-order chi connectivity index (χ1) is 12.9. The summed E-state index contributed by atoms with van der Waals surface area (Å²) >= 11 is 1.29. The molecule has 2 aromatic rings. The van der Waals surface area contributed by atoms with Crippen molar-refractivity contribution >= 4 is 22.8 Å². The summed E-state index contributed by atoms with van der Waals surface area (Å²) in [5.41, 5.74) is 1.95. The van der Waals surface area contributed by atoms with Crippen LogP contribution >= 0.6 is 11.3 Å². The Bertz CT molecular complexity index is 805. The van der Waals surface area contributed by atoms with Gasteiger partial charge in [0.1, 0.15) is 6.26 Å². The second-order valence-electron chi connectivity index (χ2n) is 5.61. The second kappa shape index (κ2) is 9.91. The zero-order chi connectivity index (χ0) is 19.8. The van der Waals surface area contributed by atoms with Gasteiger partial charge in [0.15, 0.2) is 11.5 Å². The minimum Gasteiger partial charge on any atom is -0.493 e. The summed E-state index contributed by atoms with van der Waals surface area (Å²) in [6.45, 7) is -0.800. The molecule has 0 atom stereocenters. The van der Waals surface area contributed by atoms with Crippen LogP contribution in [0.2, 0.25) is 0 Å². The molecule has 0 spiro atoms. The Labute approximate surface area is 160 Å². The lowest BCUT2D eigenvalue weighted by Gasteiger charge is -2.11. The first-order valence-corrected chi connectivity index (χ1v) is 9.01. The molecule has 0 saturated heterocycles. The quantitative estimate of drug-likeness (QED) is 0.513. The number of methoxy groups -OCH3 is 2. The van der Waals surface area contributed by atoms with Crippen LogP contribution in [0.4, 0.5) is 8.78 Å². The average Bonchev–Trinajstić information content (AvgIpc) is 3.07. The van der Waals surface area contributed by atoms with Crippen LogP contribution in [0.25, 0.3) is 5.57 Å². The normalized spacial score (nSPS) is 11.4. The topological polar surface area (TPSA) is 56.8 Å². The van der Waals surface area contributed by atoms with E-state index >= 15 is 0 Å². The monoisotopic (exact) mass is 397 g/mol. The molecule has 0 fully saturated rings. The van der Waals surface area contributed by atoms with Crippen LogP contribution in [-0.4, -0.2) is 33.3 Å². The summed E-state index contributed by atoms with van der Waals surface area (Å²) in [4.78, 5) is 13.0. The van der Waals surface area contributed by atoms with Gasteiger partial charge >= 0.3 is 6.61 Å². The third-order valence-electron chi connectivity index (χ3n) is 3.68. The maximum Gasteiger partial charge on any atom is 0.386 e. The van der Waals surface area contributed by atoms with Crippen LogP contribution in [0.5, 0.6) is 11.5 Å². The fourth-order valence-corrected chi connectivity index (χ4v) is 3.27. The number of carbonyl (C=O) groups is 1. The maximum atomic E-state index is 12.4. The van der Waals surface area contributed by atoms with E-state index in [1.165, 1.54) is 11.3 Å². The minimum atomic E-state index is -2.99. The number of thiophene rings is 1. The van der Waals surface area contributed by atoms with Gasteiger partial charge in [-0.05, 0) is 48.1 Å². The lowest BCUT2D eigenvalue weighted by Crippen LogP contribution is -2.26. The summed E-state index contributed by atoms with van der Waals surface area (Å²) < 4.78 is 39.4. The number of carbonyl (C=O) groups excluding carboxylic acids is 1. The third kappa shape index (κ3) is 5.96. The molecule has 146 valence electrons. The summed E-state index contributed by atoms with van der Waals surface area (Å²) in [6.07, 6.45) is 1.35. The predicted octanol–water partition coefficient (Wildman–Crippen LogP) is 4.01. The van der Waals surface area contributed by atoms with Gasteiger partial charge in [0.05, 0.1) is 19.8 Å². The van der Waals surface area contributed by atoms with Crippen LogP contribution in [0.1, 0.15) is 16.0 Å². The molecule has 0 unspecified atom stereocenters. The minimum absolute atomic E-state index is 0.0701. The van der Waals surface area contributed by atoms with Gasteiger partial charge in [0.25, 0.3) is 5.91 Å². The van der Waals surface area contributed by atoms with Crippen molar-refractivity contribution in [2.75, 3.05) is 20.8 Å². The molecule has 8 heteroatoms. The van der Waals surface area contributed by atoms with Gasteiger partial charge in [0.2, 0.25) is 0 Å². The Morgan fingerprint density at radius 3 is 2.56 bits per heavy atom. The fourth-order valence-electron chi connectivity index (χ4n) is 2.37. The first kappa shape index (κ1) is 20.7. The molecule has 0 aliphatic rings. The molecule has 0 aliphatic heterocycles. The Hall–Kier alpha value is -2.61. The number of rotatable bonds is 9. The predicted molar refractivity (Wildman–Crippen MR) is 100 cm³/mol. The maximum absolute atomic E-state index is 12.4. The van der Waals surface area contributed by atoms with E-state index < -0.39 is 12.5 Å². The highest BCUT2D eigenvalue weighted by molar-refractivity contribution is 7.11. The molecular formula is C19H21F2NO4S. The van der Waals surface area contributed by atoms with Crippen LogP contribution in [-0.2, 0) is 16.0 Å². The van der Waals surface area contributed by atoms with Crippen molar-refractivity contribution in [1.82, 2.24) is 5.32 Å². The molecule has 1 aromatic heterocycles. The summed E-state index contributed by atoms with van der Waals surface area (Å²) in [5, 5.41) is 4.57.